The largest absolute Gasteiger partial charge is 0.481 e. The van der Waals surface area contributed by atoms with Crippen LogP contribution >= 0.6 is 0 Å². The van der Waals surface area contributed by atoms with Crippen molar-refractivity contribution in [1.29, 1.82) is 0 Å². The predicted molar refractivity (Wildman–Crippen MR) is 88.1 cm³/mol. The SMILES string of the molecule is C[C@@H](O)c1nc2ccc(-c3ccc(CCC(=O)O)cc3)cc2[nH]1. The van der Waals surface area contributed by atoms with Crippen LogP contribution in [0.2, 0.25) is 0 Å². The predicted octanol–water partition coefficient (Wildman–Crippen LogP) is 3.30. The molecule has 3 rings (SSSR count). The van der Waals surface area contributed by atoms with E-state index in [0.29, 0.717) is 12.2 Å². The number of hydrogen-bond donors (Lipinski definition) is 3. The summed E-state index contributed by atoms with van der Waals surface area (Å²) in [5.41, 5.74) is 4.81. The van der Waals surface area contributed by atoms with Gasteiger partial charge in [0.05, 0.1) is 11.0 Å². The summed E-state index contributed by atoms with van der Waals surface area (Å²) in [5, 5.41) is 18.3. The number of aliphatic hydroxyl groups excluding tert-OH is 1. The number of carboxylic acid groups (broad SMARTS) is 1. The number of aromatic nitrogens is 2. The van der Waals surface area contributed by atoms with Gasteiger partial charge in [-0.15, -0.1) is 0 Å². The number of carbonyl (C=O) groups is 1. The molecular weight excluding hydrogens is 292 g/mol. The van der Waals surface area contributed by atoms with Gasteiger partial charge in [0.2, 0.25) is 0 Å². The summed E-state index contributed by atoms with van der Waals surface area (Å²) >= 11 is 0. The van der Waals surface area contributed by atoms with Crippen molar-refractivity contribution in [3.8, 4) is 11.1 Å². The minimum atomic E-state index is -0.785. The van der Waals surface area contributed by atoms with Crippen LogP contribution in [0.3, 0.4) is 0 Å². The molecular formula is C18H18N2O3. The standard InChI is InChI=1S/C18H18N2O3/c1-11(21)18-19-15-8-7-14(10-16(15)20-18)13-5-2-12(3-6-13)4-9-17(22)23/h2-3,5-8,10-11,21H,4,9H2,1H3,(H,19,20)(H,22,23)/t11-/m1/s1. The number of rotatable bonds is 5. The van der Waals surface area contributed by atoms with E-state index in [-0.39, 0.29) is 6.42 Å². The van der Waals surface area contributed by atoms with E-state index in [1.807, 2.05) is 42.5 Å². The molecule has 0 unspecified atom stereocenters. The second kappa shape index (κ2) is 6.22. The molecule has 3 aromatic rings. The average Bonchev–Trinajstić information content (AvgIpc) is 2.97. The zero-order valence-electron chi connectivity index (χ0n) is 12.8. The molecule has 0 aliphatic heterocycles. The molecule has 5 nitrogen and oxygen atoms in total. The van der Waals surface area contributed by atoms with Crippen molar-refractivity contribution in [1.82, 2.24) is 9.97 Å². The first-order valence-corrected chi connectivity index (χ1v) is 7.52. The normalized spacial score (nSPS) is 12.4. The van der Waals surface area contributed by atoms with E-state index < -0.39 is 12.1 Å². The Hall–Kier alpha value is -2.66. The molecule has 3 N–H and O–H groups in total. The van der Waals surface area contributed by atoms with E-state index in [0.717, 1.165) is 27.7 Å². The van der Waals surface area contributed by atoms with Crippen molar-refractivity contribution < 1.29 is 15.0 Å². The third-order valence-corrected chi connectivity index (χ3v) is 3.81. The number of nitrogens with one attached hydrogen (secondary N) is 1. The number of benzene rings is 2. The highest BCUT2D eigenvalue weighted by Gasteiger charge is 2.08. The molecule has 1 heterocycles. The van der Waals surface area contributed by atoms with Gasteiger partial charge in [0.15, 0.2) is 0 Å². The second-order valence-corrected chi connectivity index (χ2v) is 5.62. The Morgan fingerprint density at radius 3 is 2.52 bits per heavy atom. The van der Waals surface area contributed by atoms with Crippen molar-refractivity contribution in [2.75, 3.05) is 0 Å². The highest BCUT2D eigenvalue weighted by Crippen LogP contribution is 2.25. The van der Waals surface area contributed by atoms with Crippen LogP contribution in [0.15, 0.2) is 42.5 Å². The summed E-state index contributed by atoms with van der Waals surface area (Å²) in [7, 11) is 0. The van der Waals surface area contributed by atoms with Crippen molar-refractivity contribution in [2.45, 2.75) is 25.9 Å². The quantitative estimate of drug-likeness (QED) is 0.675. The van der Waals surface area contributed by atoms with E-state index in [9.17, 15) is 9.90 Å². The summed E-state index contributed by atoms with van der Waals surface area (Å²) in [5.74, 6) is -0.228. The number of fused-ring (bicyclic) bond motifs is 1. The van der Waals surface area contributed by atoms with Gasteiger partial charge in [-0.25, -0.2) is 4.98 Å². The maximum atomic E-state index is 10.6. The molecule has 0 fully saturated rings. The van der Waals surface area contributed by atoms with Crippen LogP contribution in [0, 0.1) is 0 Å². The molecule has 0 bridgehead atoms. The fourth-order valence-electron chi connectivity index (χ4n) is 2.52. The van der Waals surface area contributed by atoms with Crippen molar-refractivity contribution in [2.24, 2.45) is 0 Å². The summed E-state index contributed by atoms with van der Waals surface area (Å²) < 4.78 is 0. The molecule has 1 atom stereocenters. The van der Waals surface area contributed by atoms with Gasteiger partial charge in [-0.2, -0.15) is 0 Å². The maximum Gasteiger partial charge on any atom is 0.303 e. The molecule has 0 aliphatic carbocycles. The van der Waals surface area contributed by atoms with E-state index in [1.54, 1.807) is 6.92 Å². The third-order valence-electron chi connectivity index (χ3n) is 3.81. The summed E-state index contributed by atoms with van der Waals surface area (Å²) in [6.07, 6.45) is 0.0495. The molecule has 0 spiro atoms. The number of imidazole rings is 1. The maximum absolute atomic E-state index is 10.6. The van der Waals surface area contributed by atoms with Gasteiger partial charge >= 0.3 is 5.97 Å². The molecule has 0 radical (unpaired) electrons. The fraction of sp³-hybridized carbons (Fsp3) is 0.222. The van der Waals surface area contributed by atoms with Crippen molar-refractivity contribution >= 4 is 17.0 Å². The van der Waals surface area contributed by atoms with Crippen LogP contribution in [0.4, 0.5) is 0 Å². The molecule has 0 amide bonds. The first-order valence-electron chi connectivity index (χ1n) is 7.52. The van der Waals surface area contributed by atoms with E-state index in [1.165, 1.54) is 0 Å². The van der Waals surface area contributed by atoms with Gasteiger partial charge in [0.1, 0.15) is 11.9 Å². The van der Waals surface area contributed by atoms with Crippen LogP contribution in [0.5, 0.6) is 0 Å². The van der Waals surface area contributed by atoms with Crippen LogP contribution in [0.1, 0.15) is 30.8 Å². The van der Waals surface area contributed by atoms with E-state index in [4.69, 9.17) is 5.11 Å². The van der Waals surface area contributed by atoms with Crippen molar-refractivity contribution in [3.05, 3.63) is 53.9 Å². The Morgan fingerprint density at radius 1 is 1.17 bits per heavy atom. The second-order valence-electron chi connectivity index (χ2n) is 5.62. The van der Waals surface area contributed by atoms with Crippen LogP contribution in [-0.4, -0.2) is 26.2 Å². The lowest BCUT2D eigenvalue weighted by Gasteiger charge is -2.04. The smallest absolute Gasteiger partial charge is 0.303 e. The minimum absolute atomic E-state index is 0.140. The van der Waals surface area contributed by atoms with Crippen LogP contribution in [0.25, 0.3) is 22.2 Å². The Morgan fingerprint density at radius 2 is 1.87 bits per heavy atom. The lowest BCUT2D eigenvalue weighted by atomic mass is 10.0. The van der Waals surface area contributed by atoms with Crippen molar-refractivity contribution in [3.63, 3.8) is 0 Å². The van der Waals surface area contributed by atoms with E-state index >= 15 is 0 Å². The number of aliphatic carboxylic acids is 1. The minimum Gasteiger partial charge on any atom is -0.481 e. The van der Waals surface area contributed by atoms with E-state index in [2.05, 4.69) is 9.97 Å². The molecule has 23 heavy (non-hydrogen) atoms. The number of nitrogens with zero attached hydrogens (tertiary/aromatic N) is 1. The monoisotopic (exact) mass is 310 g/mol. The highest BCUT2D eigenvalue weighted by molar-refractivity contribution is 5.82. The third kappa shape index (κ3) is 3.40. The summed E-state index contributed by atoms with van der Waals surface area (Å²) in [6, 6.07) is 13.8. The van der Waals surface area contributed by atoms with Crippen LogP contribution < -0.4 is 0 Å². The summed E-state index contributed by atoms with van der Waals surface area (Å²) in [6.45, 7) is 1.68. The first-order chi connectivity index (χ1) is 11.0. The fourth-order valence-corrected chi connectivity index (χ4v) is 2.52. The van der Waals surface area contributed by atoms with Crippen LogP contribution in [-0.2, 0) is 11.2 Å². The number of aryl methyl sites for hydroxylation is 1. The zero-order valence-corrected chi connectivity index (χ0v) is 12.8. The number of carboxylic acids is 1. The van der Waals surface area contributed by atoms with Gasteiger partial charge in [-0.3, -0.25) is 4.79 Å². The molecule has 5 heteroatoms. The Kier molecular flexibility index (Phi) is 4.12. The summed E-state index contributed by atoms with van der Waals surface area (Å²) in [4.78, 5) is 18.1. The highest BCUT2D eigenvalue weighted by atomic mass is 16.4. The zero-order chi connectivity index (χ0) is 16.4. The topological polar surface area (TPSA) is 86.2 Å². The average molecular weight is 310 g/mol. The number of hydrogen-bond acceptors (Lipinski definition) is 3. The Labute approximate surface area is 133 Å². The molecule has 0 saturated heterocycles. The van der Waals surface area contributed by atoms with Gasteiger partial charge in [-0.05, 0) is 42.2 Å². The van der Waals surface area contributed by atoms with Gasteiger partial charge < -0.3 is 15.2 Å². The van der Waals surface area contributed by atoms with Gasteiger partial charge in [0.25, 0.3) is 0 Å². The molecule has 2 aromatic carbocycles. The number of aliphatic hydroxyl groups is 1. The molecule has 1 aromatic heterocycles. The van der Waals surface area contributed by atoms with Gasteiger partial charge in [0, 0.05) is 6.42 Å². The Balaban J connectivity index is 1.86. The molecule has 0 aliphatic rings. The number of aromatic amines is 1. The molecule has 118 valence electrons. The number of H-pyrrole nitrogens is 1. The Bertz CT molecular complexity index is 835. The lowest BCUT2D eigenvalue weighted by Crippen LogP contribution is -1.97. The lowest BCUT2D eigenvalue weighted by molar-refractivity contribution is -0.136. The van der Waals surface area contributed by atoms with Gasteiger partial charge in [-0.1, -0.05) is 30.3 Å². The first kappa shape index (κ1) is 15.2. The molecule has 0 saturated carbocycles.